The molecule has 0 saturated heterocycles. The Kier molecular flexibility index (Phi) is 5.05. The third-order valence-corrected chi connectivity index (χ3v) is 6.22. The Bertz CT molecular complexity index is 1010. The summed E-state index contributed by atoms with van der Waals surface area (Å²) in [6, 6.07) is 2.09. The summed E-state index contributed by atoms with van der Waals surface area (Å²) in [6.45, 7) is 5.94. The van der Waals surface area contributed by atoms with Gasteiger partial charge in [0, 0.05) is 17.7 Å². The maximum Gasteiger partial charge on any atom is 0.340 e. The summed E-state index contributed by atoms with van der Waals surface area (Å²) in [6.07, 6.45) is 5.90. The lowest BCUT2D eigenvalue weighted by Gasteiger charge is -2.33. The van der Waals surface area contributed by atoms with E-state index in [-0.39, 0.29) is 24.0 Å². The van der Waals surface area contributed by atoms with Gasteiger partial charge in [-0.05, 0) is 52.0 Å². The van der Waals surface area contributed by atoms with Crippen molar-refractivity contribution in [1.29, 1.82) is 0 Å². The maximum absolute atomic E-state index is 12.8. The van der Waals surface area contributed by atoms with Gasteiger partial charge in [-0.2, -0.15) is 0 Å². The predicted octanol–water partition coefficient (Wildman–Crippen LogP) is 3.81. The highest BCUT2D eigenvalue weighted by Gasteiger charge is 2.31. The summed E-state index contributed by atoms with van der Waals surface area (Å²) in [4.78, 5) is 25.3. The van der Waals surface area contributed by atoms with Gasteiger partial charge in [0.05, 0.1) is 24.5 Å². The number of benzene rings is 1. The number of ether oxygens (including phenoxy) is 2. The molecular formula is C23H29NO5. The van der Waals surface area contributed by atoms with Gasteiger partial charge in [-0.15, -0.1) is 0 Å². The lowest BCUT2D eigenvalue weighted by Crippen LogP contribution is -2.35. The van der Waals surface area contributed by atoms with Crippen LogP contribution < -0.4 is 20.4 Å². The molecule has 156 valence electrons. The Balaban J connectivity index is 1.76. The highest BCUT2D eigenvalue weighted by molar-refractivity contribution is 5.93. The molecule has 1 N–H and O–H groups in total. The first-order chi connectivity index (χ1) is 13.8. The van der Waals surface area contributed by atoms with Gasteiger partial charge in [0.15, 0.2) is 0 Å². The van der Waals surface area contributed by atoms with E-state index in [2.05, 4.69) is 5.32 Å². The summed E-state index contributed by atoms with van der Waals surface area (Å²) in [5.74, 6) is 1.16. The summed E-state index contributed by atoms with van der Waals surface area (Å²) >= 11 is 0. The summed E-state index contributed by atoms with van der Waals surface area (Å²) in [5.41, 5.74) is 1.79. The first-order valence-corrected chi connectivity index (χ1v) is 10.4. The Hall–Kier alpha value is -2.50. The minimum Gasteiger partial charge on any atom is -0.496 e. The highest BCUT2D eigenvalue weighted by atomic mass is 16.5. The van der Waals surface area contributed by atoms with Crippen molar-refractivity contribution in [3.8, 4) is 11.5 Å². The van der Waals surface area contributed by atoms with E-state index in [9.17, 15) is 9.59 Å². The van der Waals surface area contributed by atoms with Crippen molar-refractivity contribution in [1.82, 2.24) is 5.32 Å². The van der Waals surface area contributed by atoms with Crippen LogP contribution in [-0.2, 0) is 17.6 Å². The number of hydrogen-bond donors (Lipinski definition) is 1. The van der Waals surface area contributed by atoms with Crippen molar-refractivity contribution in [3.63, 3.8) is 0 Å². The van der Waals surface area contributed by atoms with E-state index < -0.39 is 5.63 Å². The van der Waals surface area contributed by atoms with Crippen LogP contribution in [0.3, 0.4) is 0 Å². The average Bonchev–Trinajstić information content (AvgIpc) is 3.16. The van der Waals surface area contributed by atoms with E-state index >= 15 is 0 Å². The van der Waals surface area contributed by atoms with Crippen molar-refractivity contribution >= 4 is 16.9 Å². The second-order valence-electron chi connectivity index (χ2n) is 8.84. The highest BCUT2D eigenvalue weighted by Crippen LogP contribution is 2.43. The van der Waals surface area contributed by atoms with Crippen molar-refractivity contribution in [2.24, 2.45) is 0 Å². The van der Waals surface area contributed by atoms with Gasteiger partial charge in [-0.25, -0.2) is 4.79 Å². The molecule has 1 fully saturated rings. The molecule has 0 radical (unpaired) electrons. The standard InChI is InChI=1S/C23H29NO5/c1-13-16(11-19(25)24-14-7-5-6-8-14)22(26)28-21-15-9-10-23(2,3)29-17(15)12-18(27-4)20(13)21/h12,14H,5-11H2,1-4H3,(H,24,25). The van der Waals surface area contributed by atoms with Crippen molar-refractivity contribution < 1.29 is 18.7 Å². The lowest BCUT2D eigenvalue weighted by atomic mass is 9.91. The molecule has 1 aliphatic heterocycles. The maximum atomic E-state index is 12.8. The molecule has 6 nitrogen and oxygen atoms in total. The van der Waals surface area contributed by atoms with Crippen molar-refractivity contribution in [3.05, 3.63) is 33.2 Å². The smallest absolute Gasteiger partial charge is 0.340 e. The number of aryl methyl sites for hydroxylation is 2. The molecule has 1 amide bonds. The molecule has 2 aliphatic rings. The molecule has 1 aliphatic carbocycles. The molecule has 4 rings (SSSR count). The molecule has 0 unspecified atom stereocenters. The molecule has 1 aromatic carbocycles. The largest absolute Gasteiger partial charge is 0.496 e. The summed E-state index contributed by atoms with van der Waals surface area (Å²) in [7, 11) is 1.59. The number of rotatable bonds is 4. The zero-order valence-corrected chi connectivity index (χ0v) is 17.6. The fourth-order valence-corrected chi connectivity index (χ4v) is 4.56. The first-order valence-electron chi connectivity index (χ1n) is 10.4. The van der Waals surface area contributed by atoms with Gasteiger partial charge in [0.1, 0.15) is 22.7 Å². The Morgan fingerprint density at radius 2 is 2.03 bits per heavy atom. The van der Waals surface area contributed by atoms with Crippen LogP contribution in [0, 0.1) is 6.92 Å². The first kappa shape index (κ1) is 19.8. The molecule has 0 atom stereocenters. The van der Waals surface area contributed by atoms with Crippen molar-refractivity contribution in [2.75, 3.05) is 7.11 Å². The van der Waals surface area contributed by atoms with Gasteiger partial charge >= 0.3 is 5.63 Å². The molecule has 2 heterocycles. The molecule has 29 heavy (non-hydrogen) atoms. The van der Waals surface area contributed by atoms with E-state index in [1.165, 1.54) is 0 Å². The van der Waals surface area contributed by atoms with Crippen LogP contribution in [0.4, 0.5) is 0 Å². The molecule has 0 spiro atoms. The van der Waals surface area contributed by atoms with E-state index in [0.29, 0.717) is 22.6 Å². The van der Waals surface area contributed by atoms with Crippen LogP contribution in [0.2, 0.25) is 0 Å². The SMILES string of the molecule is COc1cc2c(c3oc(=O)c(CC(=O)NC4CCCC4)c(C)c13)CCC(C)(C)O2. The lowest BCUT2D eigenvalue weighted by molar-refractivity contribution is -0.121. The van der Waals surface area contributed by atoms with Gasteiger partial charge in [0.25, 0.3) is 0 Å². The topological polar surface area (TPSA) is 77.8 Å². The van der Waals surface area contributed by atoms with Crippen LogP contribution in [-0.4, -0.2) is 24.7 Å². The zero-order chi connectivity index (χ0) is 20.8. The van der Waals surface area contributed by atoms with Gasteiger partial charge in [-0.1, -0.05) is 12.8 Å². The van der Waals surface area contributed by atoms with Gasteiger partial charge in [-0.3, -0.25) is 4.79 Å². The number of amides is 1. The molecule has 1 aromatic heterocycles. The number of nitrogens with one attached hydrogen (secondary N) is 1. The molecule has 2 aromatic rings. The van der Waals surface area contributed by atoms with E-state index in [4.69, 9.17) is 13.9 Å². The minimum atomic E-state index is -0.461. The van der Waals surface area contributed by atoms with E-state index in [1.54, 1.807) is 7.11 Å². The Morgan fingerprint density at radius 3 is 2.72 bits per heavy atom. The molecule has 1 saturated carbocycles. The molecule has 6 heteroatoms. The second kappa shape index (κ2) is 7.39. The number of carbonyl (C=O) groups is 1. The Morgan fingerprint density at radius 1 is 1.31 bits per heavy atom. The monoisotopic (exact) mass is 399 g/mol. The van der Waals surface area contributed by atoms with E-state index in [1.807, 2.05) is 26.8 Å². The minimum absolute atomic E-state index is 0.0182. The summed E-state index contributed by atoms with van der Waals surface area (Å²) in [5, 5.41) is 3.79. The number of hydrogen-bond acceptors (Lipinski definition) is 5. The third-order valence-electron chi connectivity index (χ3n) is 6.22. The quantitative estimate of drug-likeness (QED) is 0.791. The van der Waals surface area contributed by atoms with Crippen LogP contribution in [0.15, 0.2) is 15.3 Å². The molecular weight excluding hydrogens is 370 g/mol. The van der Waals surface area contributed by atoms with Crippen LogP contribution in [0.5, 0.6) is 11.5 Å². The van der Waals surface area contributed by atoms with Gasteiger partial charge < -0.3 is 19.2 Å². The fraction of sp³-hybridized carbons (Fsp3) is 0.565. The number of methoxy groups -OCH3 is 1. The zero-order valence-electron chi connectivity index (χ0n) is 17.6. The molecule has 0 bridgehead atoms. The fourth-order valence-electron chi connectivity index (χ4n) is 4.56. The van der Waals surface area contributed by atoms with E-state index in [0.717, 1.165) is 55.0 Å². The normalized spacial score (nSPS) is 18.3. The average molecular weight is 399 g/mol. The van der Waals surface area contributed by atoms with Crippen molar-refractivity contribution in [2.45, 2.75) is 77.4 Å². The van der Waals surface area contributed by atoms with Crippen LogP contribution in [0.25, 0.3) is 11.0 Å². The summed E-state index contributed by atoms with van der Waals surface area (Å²) < 4.78 is 17.5. The number of carbonyl (C=O) groups excluding carboxylic acids is 1. The predicted molar refractivity (Wildman–Crippen MR) is 111 cm³/mol. The number of fused-ring (bicyclic) bond motifs is 3. The van der Waals surface area contributed by atoms with Gasteiger partial charge in [0.2, 0.25) is 5.91 Å². The second-order valence-corrected chi connectivity index (χ2v) is 8.84. The van der Waals surface area contributed by atoms with Crippen LogP contribution >= 0.6 is 0 Å². The third kappa shape index (κ3) is 3.72. The van der Waals surface area contributed by atoms with Crippen LogP contribution in [0.1, 0.15) is 62.6 Å². The Labute approximate surface area is 170 Å².